The van der Waals surface area contributed by atoms with Crippen molar-refractivity contribution in [2.45, 2.75) is 57.2 Å². The molecule has 0 heterocycles. The SMILES string of the molecule is CON(C)C(=O)[C@H]1CC[C@H](NS(=O)(=O)C(C)(C)C)CC1. The molecule has 118 valence electrons. The lowest BCUT2D eigenvalue weighted by atomic mass is 9.86. The molecule has 1 N–H and O–H groups in total. The van der Waals surface area contributed by atoms with Gasteiger partial charge in [-0.15, -0.1) is 0 Å². The molecule has 6 nitrogen and oxygen atoms in total. The number of hydroxylamine groups is 2. The van der Waals surface area contributed by atoms with Gasteiger partial charge >= 0.3 is 0 Å². The molecule has 0 spiro atoms. The molecule has 0 aliphatic heterocycles. The number of amides is 1. The second-order valence-corrected chi connectivity index (χ2v) is 8.77. The molecular weight excluding hydrogens is 280 g/mol. The van der Waals surface area contributed by atoms with Gasteiger partial charge < -0.3 is 0 Å². The first-order valence-electron chi connectivity index (χ1n) is 6.92. The van der Waals surface area contributed by atoms with Crippen LogP contribution in [0.4, 0.5) is 0 Å². The summed E-state index contributed by atoms with van der Waals surface area (Å²) < 4.78 is 26.1. The zero-order chi connectivity index (χ0) is 15.6. The predicted octanol–water partition coefficient (Wildman–Crippen LogP) is 1.28. The van der Waals surface area contributed by atoms with E-state index in [0.29, 0.717) is 25.7 Å². The molecule has 20 heavy (non-hydrogen) atoms. The highest BCUT2D eigenvalue weighted by molar-refractivity contribution is 7.90. The molecular formula is C13H26N2O4S. The van der Waals surface area contributed by atoms with E-state index in [2.05, 4.69) is 4.72 Å². The number of rotatable bonds is 4. The van der Waals surface area contributed by atoms with E-state index in [9.17, 15) is 13.2 Å². The van der Waals surface area contributed by atoms with Crippen molar-refractivity contribution in [3.63, 3.8) is 0 Å². The summed E-state index contributed by atoms with van der Waals surface area (Å²) in [6, 6.07) is -0.0730. The van der Waals surface area contributed by atoms with E-state index in [1.165, 1.54) is 12.2 Å². The second kappa shape index (κ2) is 6.41. The Morgan fingerprint density at radius 2 is 1.70 bits per heavy atom. The fraction of sp³-hybridized carbons (Fsp3) is 0.923. The van der Waals surface area contributed by atoms with Crippen LogP contribution in [0.2, 0.25) is 0 Å². The third kappa shape index (κ3) is 4.17. The molecule has 1 aliphatic carbocycles. The molecule has 0 unspecified atom stereocenters. The minimum Gasteiger partial charge on any atom is -0.275 e. The average Bonchev–Trinajstić information content (AvgIpc) is 2.36. The summed E-state index contributed by atoms with van der Waals surface area (Å²) in [5.74, 6) is -0.111. The van der Waals surface area contributed by atoms with Crippen molar-refractivity contribution >= 4 is 15.9 Å². The Balaban J connectivity index is 2.54. The summed E-state index contributed by atoms with van der Waals surface area (Å²) in [4.78, 5) is 16.8. The lowest BCUT2D eigenvalue weighted by Gasteiger charge is -2.31. The van der Waals surface area contributed by atoms with Gasteiger partial charge in [0.15, 0.2) is 0 Å². The number of hydrogen-bond donors (Lipinski definition) is 1. The highest BCUT2D eigenvalue weighted by atomic mass is 32.2. The van der Waals surface area contributed by atoms with Crippen LogP contribution in [0.25, 0.3) is 0 Å². The summed E-state index contributed by atoms with van der Waals surface area (Å²) in [6.45, 7) is 5.04. The number of nitrogens with zero attached hydrogens (tertiary/aromatic N) is 1. The monoisotopic (exact) mass is 306 g/mol. The fourth-order valence-corrected chi connectivity index (χ4v) is 3.23. The van der Waals surface area contributed by atoms with Crippen LogP contribution >= 0.6 is 0 Å². The number of nitrogens with one attached hydrogen (secondary N) is 1. The van der Waals surface area contributed by atoms with Gasteiger partial charge in [0.25, 0.3) is 0 Å². The van der Waals surface area contributed by atoms with Gasteiger partial charge in [0, 0.05) is 19.0 Å². The van der Waals surface area contributed by atoms with Crippen molar-refractivity contribution in [2.75, 3.05) is 14.2 Å². The van der Waals surface area contributed by atoms with E-state index in [1.807, 2.05) is 0 Å². The van der Waals surface area contributed by atoms with Gasteiger partial charge in [-0.1, -0.05) is 0 Å². The van der Waals surface area contributed by atoms with Crippen LogP contribution in [-0.2, 0) is 19.7 Å². The van der Waals surface area contributed by atoms with Crippen molar-refractivity contribution in [1.82, 2.24) is 9.79 Å². The fourth-order valence-electron chi connectivity index (χ4n) is 2.20. The Bertz CT molecular complexity index is 434. The van der Waals surface area contributed by atoms with E-state index >= 15 is 0 Å². The van der Waals surface area contributed by atoms with Gasteiger partial charge in [0.1, 0.15) is 0 Å². The van der Waals surface area contributed by atoms with Crippen LogP contribution in [0.3, 0.4) is 0 Å². The number of sulfonamides is 1. The van der Waals surface area contributed by atoms with Gasteiger partial charge in [0.05, 0.1) is 11.9 Å². The van der Waals surface area contributed by atoms with Crippen molar-refractivity contribution in [2.24, 2.45) is 5.92 Å². The second-order valence-electron chi connectivity index (χ2n) is 6.30. The van der Waals surface area contributed by atoms with E-state index in [-0.39, 0.29) is 17.9 Å². The minimum absolute atomic E-state index is 0.0374. The molecule has 0 saturated heterocycles. The molecule has 0 atom stereocenters. The molecule has 1 amide bonds. The zero-order valence-corrected chi connectivity index (χ0v) is 13.8. The number of hydrogen-bond acceptors (Lipinski definition) is 4. The van der Waals surface area contributed by atoms with Gasteiger partial charge in [-0.25, -0.2) is 18.2 Å². The Kier molecular flexibility index (Phi) is 5.57. The van der Waals surface area contributed by atoms with Gasteiger partial charge in [-0.2, -0.15) is 0 Å². The Morgan fingerprint density at radius 3 is 2.10 bits per heavy atom. The molecule has 1 fully saturated rings. The summed E-state index contributed by atoms with van der Waals surface area (Å²) in [5, 5.41) is 1.24. The van der Waals surface area contributed by atoms with Crippen LogP contribution in [0.1, 0.15) is 46.5 Å². The summed E-state index contributed by atoms with van der Waals surface area (Å²) >= 11 is 0. The Morgan fingerprint density at radius 1 is 1.20 bits per heavy atom. The smallest absolute Gasteiger partial charge is 0.248 e. The molecule has 0 aromatic carbocycles. The first-order valence-corrected chi connectivity index (χ1v) is 8.40. The summed E-state index contributed by atoms with van der Waals surface area (Å²) in [7, 11) is -0.273. The van der Waals surface area contributed by atoms with Crippen LogP contribution < -0.4 is 4.72 Å². The normalized spacial score (nSPS) is 24.4. The topological polar surface area (TPSA) is 75.7 Å². The quantitative estimate of drug-likeness (QED) is 0.794. The number of carbonyl (C=O) groups excluding carboxylic acids is 1. The third-order valence-corrected chi connectivity index (χ3v) is 6.04. The molecule has 0 radical (unpaired) electrons. The van der Waals surface area contributed by atoms with Crippen molar-refractivity contribution in [1.29, 1.82) is 0 Å². The van der Waals surface area contributed by atoms with Crippen LogP contribution in [0.15, 0.2) is 0 Å². The molecule has 1 saturated carbocycles. The Labute approximate surface area is 121 Å². The Hall–Kier alpha value is -0.660. The largest absolute Gasteiger partial charge is 0.275 e. The van der Waals surface area contributed by atoms with Crippen LogP contribution in [-0.4, -0.2) is 44.3 Å². The van der Waals surface area contributed by atoms with Crippen LogP contribution in [0, 0.1) is 5.92 Å². The first kappa shape index (κ1) is 17.4. The third-order valence-electron chi connectivity index (χ3n) is 3.79. The molecule has 0 bridgehead atoms. The van der Waals surface area contributed by atoms with Gasteiger partial charge in [-0.05, 0) is 46.5 Å². The van der Waals surface area contributed by atoms with E-state index in [0.717, 1.165) is 0 Å². The number of carbonyl (C=O) groups is 1. The summed E-state index contributed by atoms with van der Waals surface area (Å²) in [5.41, 5.74) is 0. The lowest BCUT2D eigenvalue weighted by Crippen LogP contribution is -2.46. The van der Waals surface area contributed by atoms with E-state index in [1.54, 1.807) is 27.8 Å². The van der Waals surface area contributed by atoms with Crippen molar-refractivity contribution < 1.29 is 18.0 Å². The standard InChI is InChI=1S/C13H26N2O4S/c1-13(2,3)20(17,18)14-11-8-6-10(7-9-11)12(16)15(4)19-5/h10-11,14H,6-9H2,1-5H3/t10-,11-. The molecule has 0 aromatic heterocycles. The van der Waals surface area contributed by atoms with Crippen molar-refractivity contribution in [3.05, 3.63) is 0 Å². The molecule has 1 rings (SSSR count). The maximum absolute atomic E-state index is 12.1. The minimum atomic E-state index is -3.33. The lowest BCUT2D eigenvalue weighted by molar-refractivity contribution is -0.174. The van der Waals surface area contributed by atoms with E-state index in [4.69, 9.17) is 4.84 Å². The molecule has 7 heteroatoms. The first-order chi connectivity index (χ1) is 9.08. The maximum atomic E-state index is 12.1. The van der Waals surface area contributed by atoms with Gasteiger partial charge in [0.2, 0.25) is 15.9 Å². The van der Waals surface area contributed by atoms with Gasteiger partial charge in [-0.3, -0.25) is 9.63 Å². The summed E-state index contributed by atoms with van der Waals surface area (Å²) in [6.07, 6.45) is 2.74. The highest BCUT2D eigenvalue weighted by Gasteiger charge is 2.34. The predicted molar refractivity (Wildman–Crippen MR) is 77.3 cm³/mol. The molecule has 1 aliphatic rings. The maximum Gasteiger partial charge on any atom is 0.248 e. The molecule has 0 aromatic rings. The van der Waals surface area contributed by atoms with Crippen molar-refractivity contribution in [3.8, 4) is 0 Å². The van der Waals surface area contributed by atoms with Crippen LogP contribution in [0.5, 0.6) is 0 Å². The van der Waals surface area contributed by atoms with E-state index < -0.39 is 14.8 Å². The zero-order valence-electron chi connectivity index (χ0n) is 13.0. The highest BCUT2D eigenvalue weighted by Crippen LogP contribution is 2.27. The average molecular weight is 306 g/mol.